The van der Waals surface area contributed by atoms with Crippen LogP contribution in [0.4, 0.5) is 5.00 Å². The second-order valence-electron chi connectivity index (χ2n) is 6.71. The van der Waals surface area contributed by atoms with Gasteiger partial charge in [0.25, 0.3) is 0 Å². The van der Waals surface area contributed by atoms with Crippen LogP contribution in [0.15, 0.2) is 36.4 Å². The molecule has 0 radical (unpaired) electrons. The summed E-state index contributed by atoms with van der Waals surface area (Å²) in [5.74, 6) is 0.657. The van der Waals surface area contributed by atoms with Gasteiger partial charge in [-0.3, -0.25) is 9.78 Å². The lowest BCUT2D eigenvalue weighted by molar-refractivity contribution is -0.116. The summed E-state index contributed by atoms with van der Waals surface area (Å²) in [7, 11) is 0. The van der Waals surface area contributed by atoms with E-state index in [1.54, 1.807) is 24.5 Å². The molecule has 0 aliphatic carbocycles. The van der Waals surface area contributed by atoms with Gasteiger partial charge in [-0.15, -0.1) is 11.3 Å². The van der Waals surface area contributed by atoms with Crippen molar-refractivity contribution in [2.24, 2.45) is 0 Å². The Hall–Kier alpha value is -2.77. The molecule has 0 bridgehead atoms. The largest absolute Gasteiger partial charge is 0.499 e. The van der Waals surface area contributed by atoms with E-state index in [-0.39, 0.29) is 19.9 Å². The van der Waals surface area contributed by atoms with E-state index in [4.69, 9.17) is 9.84 Å². The molecule has 3 N–H and O–H groups in total. The minimum Gasteiger partial charge on any atom is -0.499 e. The topological polar surface area (TPSA) is 119 Å². The minimum atomic E-state index is -0.139. The summed E-state index contributed by atoms with van der Waals surface area (Å²) in [5.41, 5.74) is 2.38. The lowest BCUT2D eigenvalue weighted by Gasteiger charge is -2.19. The average Bonchev–Trinajstić information content (AvgIpc) is 3.13. The van der Waals surface area contributed by atoms with Crippen molar-refractivity contribution in [1.29, 1.82) is 5.26 Å². The number of aliphatic hydroxyl groups is 1. The molecular weight excluding hydrogens is 428 g/mol. The molecule has 9 heteroatoms. The van der Waals surface area contributed by atoms with E-state index in [9.17, 15) is 15.3 Å². The van der Waals surface area contributed by atoms with E-state index < -0.39 is 0 Å². The maximum atomic E-state index is 12.1. The average molecular weight is 461 g/mol. The Morgan fingerprint density at radius 2 is 2.12 bits per heavy atom. The summed E-state index contributed by atoms with van der Waals surface area (Å²) in [5, 5.41) is 32.1. The molecule has 174 valence electrons. The van der Waals surface area contributed by atoms with Gasteiger partial charge in [-0.25, -0.2) is 0 Å². The molecule has 3 rings (SSSR count). The summed E-state index contributed by atoms with van der Waals surface area (Å²) in [4.78, 5) is 16.8. The summed E-state index contributed by atoms with van der Waals surface area (Å²) >= 11 is 1.37. The first-order chi connectivity index (χ1) is 15.0. The van der Waals surface area contributed by atoms with Gasteiger partial charge in [-0.05, 0) is 49.6 Å². The van der Waals surface area contributed by atoms with Crippen LogP contribution in [0.2, 0.25) is 0 Å². The normalized spacial score (nSPS) is 13.0. The van der Waals surface area contributed by atoms with E-state index in [1.807, 2.05) is 19.9 Å². The van der Waals surface area contributed by atoms with Crippen LogP contribution in [0.25, 0.3) is 0 Å². The van der Waals surface area contributed by atoms with E-state index >= 15 is 0 Å². The quantitative estimate of drug-likeness (QED) is 0.529. The first-order valence-corrected chi connectivity index (χ1v) is 10.9. The van der Waals surface area contributed by atoms with Crippen molar-refractivity contribution in [3.8, 4) is 6.07 Å². The van der Waals surface area contributed by atoms with Crippen molar-refractivity contribution in [3.63, 3.8) is 0 Å². The van der Waals surface area contributed by atoms with Crippen LogP contribution >= 0.6 is 11.3 Å². The maximum Gasteiger partial charge on any atom is 0.225 e. The zero-order valence-electron chi connectivity index (χ0n) is 17.8. The predicted molar refractivity (Wildman–Crippen MR) is 125 cm³/mol. The third-order valence-electron chi connectivity index (χ3n) is 4.58. The third kappa shape index (κ3) is 8.05. The van der Waals surface area contributed by atoms with Gasteiger partial charge in [0, 0.05) is 36.7 Å². The highest BCUT2D eigenvalue weighted by molar-refractivity contribution is 7.16. The molecule has 0 aromatic carbocycles. The second-order valence-corrected chi connectivity index (χ2v) is 7.81. The number of amides is 1. The number of nitriles is 1. The predicted octanol–water partition coefficient (Wildman–Crippen LogP) is 4.24. The second kappa shape index (κ2) is 14.3. The molecule has 1 aliphatic heterocycles. The molecule has 0 atom stereocenters. The smallest absolute Gasteiger partial charge is 0.225 e. The molecule has 0 fully saturated rings. The molecule has 1 amide bonds. The lowest BCUT2D eigenvalue weighted by atomic mass is 10.0. The number of carbonyl (C=O) groups excluding carboxylic acids is 1. The first-order valence-electron chi connectivity index (χ1n) is 10.1. The number of hydroxylamine groups is 2. The number of ether oxygens (including phenoxy) is 1. The number of hydrogen-bond acceptors (Lipinski definition) is 8. The Kier molecular flexibility index (Phi) is 12.2. The Balaban J connectivity index is 0.000000480. The molecule has 8 nitrogen and oxygen atoms in total. The Bertz CT molecular complexity index is 922. The summed E-state index contributed by atoms with van der Waals surface area (Å²) in [6, 6.07) is 5.74. The Morgan fingerprint density at radius 3 is 2.69 bits per heavy atom. The van der Waals surface area contributed by atoms with Gasteiger partial charge in [0.05, 0.1) is 31.1 Å². The fraction of sp³-hybridized carbons (Fsp3) is 0.435. The molecule has 2 aromatic rings. The van der Waals surface area contributed by atoms with E-state index in [0.717, 1.165) is 21.8 Å². The van der Waals surface area contributed by atoms with Crippen molar-refractivity contribution in [3.05, 3.63) is 57.9 Å². The van der Waals surface area contributed by atoms with E-state index in [1.165, 1.54) is 16.4 Å². The zero-order chi connectivity index (χ0) is 22.6. The number of aromatic nitrogens is 1. The Morgan fingerprint density at radius 1 is 1.41 bits per heavy atom. The van der Waals surface area contributed by atoms with Crippen molar-refractivity contribution in [2.75, 3.05) is 18.5 Å². The number of nitrogens with zero attached hydrogens (tertiary/aromatic N) is 3. The third-order valence-corrected chi connectivity index (χ3v) is 5.72. The molecule has 0 saturated heterocycles. The van der Waals surface area contributed by atoms with Crippen molar-refractivity contribution >= 4 is 22.2 Å². The number of carbonyl (C=O) groups is 1. The number of thiophene rings is 1. The van der Waals surface area contributed by atoms with Gasteiger partial charge in [-0.2, -0.15) is 10.3 Å². The maximum absolute atomic E-state index is 12.1. The fourth-order valence-corrected chi connectivity index (χ4v) is 4.22. The van der Waals surface area contributed by atoms with Gasteiger partial charge < -0.3 is 20.4 Å². The summed E-state index contributed by atoms with van der Waals surface area (Å²) in [6.07, 6.45) is 6.63. The molecule has 2 aromatic heterocycles. The lowest BCUT2D eigenvalue weighted by Crippen LogP contribution is -2.26. The van der Waals surface area contributed by atoms with E-state index in [2.05, 4.69) is 16.4 Å². The van der Waals surface area contributed by atoms with Gasteiger partial charge in [-0.1, -0.05) is 7.43 Å². The number of rotatable bonds is 7. The van der Waals surface area contributed by atoms with Crippen LogP contribution < -0.4 is 5.32 Å². The van der Waals surface area contributed by atoms with Crippen molar-refractivity contribution < 1.29 is 19.8 Å². The van der Waals surface area contributed by atoms with Crippen molar-refractivity contribution in [2.45, 2.75) is 53.7 Å². The highest BCUT2D eigenvalue weighted by Crippen LogP contribution is 2.36. The standard InChI is InChI=1S/C16H21N3O3S.C6H7NO.CH4/c1-3-11(22-4-2)5-6-15(20)18-16-13(9-17)12-7-8-19(21)10-14(12)23-16;8-5-6-1-3-7-4-2-6;/h3,21H,4-8,10H2,1-2H3,(H,18,20);1-4,8H,5H2;1H4/b11-3-;;. The molecule has 32 heavy (non-hydrogen) atoms. The molecule has 0 saturated carbocycles. The monoisotopic (exact) mass is 460 g/mol. The van der Waals surface area contributed by atoms with Gasteiger partial charge >= 0.3 is 0 Å². The van der Waals surface area contributed by atoms with Crippen molar-refractivity contribution in [1.82, 2.24) is 10.0 Å². The molecule has 0 unspecified atom stereocenters. The van der Waals surface area contributed by atoms with Crippen LogP contribution in [0.1, 0.15) is 55.7 Å². The molecule has 1 aliphatic rings. The number of pyridine rings is 1. The number of fused-ring (bicyclic) bond motifs is 1. The molecule has 0 spiro atoms. The number of nitrogens with one attached hydrogen (secondary N) is 1. The Labute approximate surface area is 193 Å². The number of aliphatic hydroxyl groups excluding tert-OH is 1. The van der Waals surface area contributed by atoms with Gasteiger partial charge in [0.15, 0.2) is 0 Å². The summed E-state index contributed by atoms with van der Waals surface area (Å²) in [6.45, 7) is 5.37. The fourth-order valence-electron chi connectivity index (χ4n) is 3.00. The highest BCUT2D eigenvalue weighted by Gasteiger charge is 2.24. The van der Waals surface area contributed by atoms with Crippen LogP contribution in [0.5, 0.6) is 0 Å². The number of hydrogen-bond donors (Lipinski definition) is 3. The van der Waals surface area contributed by atoms with Crippen LogP contribution in [-0.2, 0) is 29.1 Å². The van der Waals surface area contributed by atoms with E-state index in [0.29, 0.717) is 49.5 Å². The number of anilines is 1. The van der Waals surface area contributed by atoms with Gasteiger partial charge in [0.1, 0.15) is 11.1 Å². The molecular formula is C23H32N4O4S. The SMILES string of the molecule is C.C/C=C(/CCC(=O)Nc1sc2c(c1C#N)CCN(O)C2)OCC.OCc1ccncc1. The van der Waals surface area contributed by atoms with Gasteiger partial charge in [0.2, 0.25) is 5.91 Å². The minimum absolute atomic E-state index is 0. The summed E-state index contributed by atoms with van der Waals surface area (Å²) < 4.78 is 5.41. The molecule has 3 heterocycles. The zero-order valence-corrected chi connectivity index (χ0v) is 18.6. The van der Waals surface area contributed by atoms with Crippen LogP contribution in [0, 0.1) is 11.3 Å². The van der Waals surface area contributed by atoms with Crippen LogP contribution in [0.3, 0.4) is 0 Å². The first kappa shape index (κ1) is 27.3. The number of allylic oxidation sites excluding steroid dienone is 2. The van der Waals surface area contributed by atoms with Crippen LogP contribution in [-0.4, -0.2) is 39.4 Å². The highest BCUT2D eigenvalue weighted by atomic mass is 32.1.